The molecular formula is C21H26N4O3. The molecule has 7 nitrogen and oxygen atoms in total. The van der Waals surface area contributed by atoms with Crippen LogP contribution < -0.4 is 20.1 Å². The van der Waals surface area contributed by atoms with Crippen LogP contribution in [0, 0.1) is 0 Å². The zero-order valence-corrected chi connectivity index (χ0v) is 16.5. The Hall–Kier alpha value is -3.22. The number of nitrogens with zero attached hydrogens (tertiary/aromatic N) is 2. The number of aliphatic imine (C=N–C) groups is 1. The first kappa shape index (κ1) is 19.5. The zero-order chi connectivity index (χ0) is 19.9. The number of fused-ring (bicyclic) bond motifs is 1. The van der Waals surface area contributed by atoms with Gasteiger partial charge in [0.05, 0.1) is 0 Å². The van der Waals surface area contributed by atoms with Crippen LogP contribution >= 0.6 is 0 Å². The molecule has 0 fully saturated rings. The highest BCUT2D eigenvalue weighted by Crippen LogP contribution is 2.32. The molecule has 0 aliphatic carbocycles. The Kier molecular flexibility index (Phi) is 6.37. The molecule has 1 heterocycles. The Morgan fingerprint density at radius 2 is 1.75 bits per heavy atom. The van der Waals surface area contributed by atoms with Gasteiger partial charge in [0.2, 0.25) is 6.79 Å². The molecule has 0 spiro atoms. The average Bonchev–Trinajstić information content (AvgIpc) is 3.18. The van der Waals surface area contributed by atoms with Crippen LogP contribution in [0.25, 0.3) is 0 Å². The van der Waals surface area contributed by atoms with Crippen molar-refractivity contribution in [3.63, 3.8) is 0 Å². The maximum absolute atomic E-state index is 11.9. The molecule has 1 amide bonds. The van der Waals surface area contributed by atoms with E-state index in [2.05, 4.69) is 15.6 Å². The Bertz CT molecular complexity index is 847. The van der Waals surface area contributed by atoms with Crippen molar-refractivity contribution in [1.29, 1.82) is 0 Å². The van der Waals surface area contributed by atoms with Gasteiger partial charge in [0.1, 0.15) is 0 Å². The Morgan fingerprint density at radius 3 is 2.46 bits per heavy atom. The van der Waals surface area contributed by atoms with E-state index in [0.29, 0.717) is 12.1 Å². The molecule has 1 aliphatic rings. The maximum atomic E-state index is 11.9. The van der Waals surface area contributed by atoms with Gasteiger partial charge in [0.25, 0.3) is 5.91 Å². The van der Waals surface area contributed by atoms with E-state index >= 15 is 0 Å². The van der Waals surface area contributed by atoms with Crippen molar-refractivity contribution in [2.24, 2.45) is 4.99 Å². The summed E-state index contributed by atoms with van der Waals surface area (Å²) < 4.78 is 10.7. The molecule has 0 unspecified atom stereocenters. The molecule has 2 N–H and O–H groups in total. The topological polar surface area (TPSA) is 75.2 Å². The number of rotatable bonds is 6. The first-order valence-corrected chi connectivity index (χ1v) is 9.20. The van der Waals surface area contributed by atoms with Gasteiger partial charge >= 0.3 is 0 Å². The third kappa shape index (κ3) is 4.94. The molecule has 3 rings (SSSR count). The van der Waals surface area contributed by atoms with E-state index < -0.39 is 0 Å². The summed E-state index contributed by atoms with van der Waals surface area (Å²) in [5.41, 5.74) is 2.93. The predicted octanol–water partition coefficient (Wildman–Crippen LogP) is 2.02. The Balaban J connectivity index is 1.45. The molecule has 28 heavy (non-hydrogen) atoms. The summed E-state index contributed by atoms with van der Waals surface area (Å²) in [5.74, 6) is 2.33. The average molecular weight is 382 g/mol. The molecule has 0 aromatic heterocycles. The number of hydrogen-bond donors (Lipinski definition) is 2. The van der Waals surface area contributed by atoms with Crippen LogP contribution in [0.2, 0.25) is 0 Å². The molecule has 0 atom stereocenters. The lowest BCUT2D eigenvalue weighted by Gasteiger charge is -2.13. The number of benzene rings is 2. The molecular weight excluding hydrogens is 356 g/mol. The number of amides is 1. The van der Waals surface area contributed by atoms with Crippen molar-refractivity contribution >= 4 is 11.9 Å². The summed E-state index contributed by atoms with van der Waals surface area (Å²) in [4.78, 5) is 17.8. The molecule has 2 aromatic carbocycles. The van der Waals surface area contributed by atoms with Crippen molar-refractivity contribution in [3.05, 3.63) is 59.2 Å². The van der Waals surface area contributed by atoms with Gasteiger partial charge in [-0.1, -0.05) is 18.2 Å². The van der Waals surface area contributed by atoms with Gasteiger partial charge in [-0.25, -0.2) is 0 Å². The maximum Gasteiger partial charge on any atom is 0.253 e. The molecule has 148 valence electrons. The Morgan fingerprint density at radius 1 is 1.04 bits per heavy atom. The minimum Gasteiger partial charge on any atom is -0.454 e. The van der Waals surface area contributed by atoms with Crippen molar-refractivity contribution in [2.75, 3.05) is 34.5 Å². The van der Waals surface area contributed by atoms with Gasteiger partial charge in [-0.3, -0.25) is 9.79 Å². The van der Waals surface area contributed by atoms with Gasteiger partial charge in [0.15, 0.2) is 17.5 Å². The van der Waals surface area contributed by atoms with Crippen LogP contribution in [0.5, 0.6) is 11.5 Å². The monoisotopic (exact) mass is 382 g/mol. The largest absolute Gasteiger partial charge is 0.454 e. The molecule has 0 radical (unpaired) electrons. The lowest BCUT2D eigenvalue weighted by molar-refractivity contribution is 0.0827. The van der Waals surface area contributed by atoms with Crippen molar-refractivity contribution in [1.82, 2.24) is 15.5 Å². The fourth-order valence-electron chi connectivity index (χ4n) is 2.85. The molecule has 2 aromatic rings. The number of hydrogen-bond acceptors (Lipinski definition) is 4. The van der Waals surface area contributed by atoms with Crippen LogP contribution in [-0.2, 0) is 13.0 Å². The summed E-state index contributed by atoms with van der Waals surface area (Å²) in [6, 6.07) is 13.6. The number of carbonyl (C=O) groups is 1. The van der Waals surface area contributed by atoms with Gasteiger partial charge in [0, 0.05) is 39.8 Å². The summed E-state index contributed by atoms with van der Waals surface area (Å²) in [6.45, 7) is 1.66. The van der Waals surface area contributed by atoms with E-state index in [4.69, 9.17) is 9.47 Å². The summed E-state index contributed by atoms with van der Waals surface area (Å²) in [6.07, 6.45) is 0.846. The lowest BCUT2D eigenvalue weighted by atomic mass is 10.1. The van der Waals surface area contributed by atoms with Crippen LogP contribution in [0.15, 0.2) is 47.5 Å². The number of guanidine groups is 1. The number of nitrogens with one attached hydrogen (secondary N) is 2. The van der Waals surface area contributed by atoms with Crippen molar-refractivity contribution in [3.8, 4) is 11.5 Å². The quantitative estimate of drug-likeness (QED) is 0.591. The van der Waals surface area contributed by atoms with Gasteiger partial charge < -0.3 is 25.0 Å². The van der Waals surface area contributed by atoms with E-state index in [0.717, 1.165) is 36.0 Å². The molecule has 0 bridgehead atoms. The van der Waals surface area contributed by atoms with Crippen LogP contribution in [0.4, 0.5) is 0 Å². The zero-order valence-electron chi connectivity index (χ0n) is 16.5. The first-order valence-electron chi connectivity index (χ1n) is 9.20. The third-order valence-electron chi connectivity index (χ3n) is 4.43. The molecule has 1 aliphatic heterocycles. The smallest absolute Gasteiger partial charge is 0.253 e. The predicted molar refractivity (Wildman–Crippen MR) is 109 cm³/mol. The van der Waals surface area contributed by atoms with Gasteiger partial charge in [-0.05, 0) is 41.8 Å². The first-order chi connectivity index (χ1) is 13.6. The highest BCUT2D eigenvalue weighted by atomic mass is 16.7. The van der Waals surface area contributed by atoms with E-state index in [9.17, 15) is 4.79 Å². The van der Waals surface area contributed by atoms with Gasteiger partial charge in [-0.2, -0.15) is 0 Å². The molecule has 7 heteroatoms. The third-order valence-corrected chi connectivity index (χ3v) is 4.43. The fourth-order valence-corrected chi connectivity index (χ4v) is 2.85. The SMILES string of the molecule is CN=C(NCCc1ccc2c(c1)OCO2)NCc1ccc(C(=O)N(C)C)cc1. The van der Waals surface area contributed by atoms with Crippen LogP contribution in [-0.4, -0.2) is 51.2 Å². The Labute approximate surface area is 165 Å². The van der Waals surface area contributed by atoms with E-state index in [1.165, 1.54) is 5.56 Å². The highest BCUT2D eigenvalue weighted by Gasteiger charge is 2.13. The fraction of sp³-hybridized carbons (Fsp3) is 0.333. The minimum absolute atomic E-state index is 0.000466. The second-order valence-electron chi connectivity index (χ2n) is 6.69. The highest BCUT2D eigenvalue weighted by molar-refractivity contribution is 5.93. The normalized spacial score (nSPS) is 12.6. The van der Waals surface area contributed by atoms with E-state index in [-0.39, 0.29) is 12.7 Å². The molecule has 0 saturated heterocycles. The summed E-state index contributed by atoms with van der Waals surface area (Å²) in [5, 5.41) is 6.59. The molecule has 0 saturated carbocycles. The number of carbonyl (C=O) groups excluding carboxylic acids is 1. The second-order valence-corrected chi connectivity index (χ2v) is 6.69. The lowest BCUT2D eigenvalue weighted by Crippen LogP contribution is -2.37. The number of ether oxygens (including phenoxy) is 2. The summed E-state index contributed by atoms with van der Waals surface area (Å²) >= 11 is 0. The van der Waals surface area contributed by atoms with Crippen LogP contribution in [0.1, 0.15) is 21.5 Å². The van der Waals surface area contributed by atoms with Crippen molar-refractivity contribution < 1.29 is 14.3 Å². The summed E-state index contributed by atoms with van der Waals surface area (Å²) in [7, 11) is 5.24. The second kappa shape index (κ2) is 9.12. The minimum atomic E-state index is 0.000466. The van der Waals surface area contributed by atoms with E-state index in [1.54, 1.807) is 26.0 Å². The standard InChI is InChI=1S/C21H26N4O3/c1-22-21(23-11-10-15-6-9-18-19(12-15)28-14-27-18)24-13-16-4-7-17(8-5-16)20(26)25(2)3/h4-9,12H,10-11,13-14H2,1-3H3,(H2,22,23,24). The van der Waals surface area contributed by atoms with Gasteiger partial charge in [-0.15, -0.1) is 0 Å². The van der Waals surface area contributed by atoms with Crippen molar-refractivity contribution in [2.45, 2.75) is 13.0 Å². The van der Waals surface area contributed by atoms with E-state index in [1.807, 2.05) is 42.5 Å². The van der Waals surface area contributed by atoms with Crippen LogP contribution in [0.3, 0.4) is 0 Å².